The SMILES string of the molecule is O=C1CCc2c1cccc2C(=O)NCC1CCN(Cc2ccc(Cl)s2)CC1. The molecule has 4 nitrogen and oxygen atoms in total. The number of nitrogens with zero attached hydrogens (tertiary/aromatic N) is 1. The van der Waals surface area contributed by atoms with Gasteiger partial charge in [-0.05, 0) is 62.0 Å². The van der Waals surface area contributed by atoms with Gasteiger partial charge in [-0.1, -0.05) is 23.7 Å². The fourth-order valence-corrected chi connectivity index (χ4v) is 5.17. The summed E-state index contributed by atoms with van der Waals surface area (Å²) in [7, 11) is 0. The first-order valence-electron chi connectivity index (χ1n) is 9.50. The zero-order valence-electron chi connectivity index (χ0n) is 15.2. The summed E-state index contributed by atoms with van der Waals surface area (Å²) < 4.78 is 0.844. The van der Waals surface area contributed by atoms with E-state index in [-0.39, 0.29) is 11.7 Å². The van der Waals surface area contributed by atoms with Crippen molar-refractivity contribution in [3.63, 3.8) is 0 Å². The molecule has 1 N–H and O–H groups in total. The fourth-order valence-electron chi connectivity index (χ4n) is 4.04. The molecule has 1 aromatic heterocycles. The molecule has 142 valence electrons. The lowest BCUT2D eigenvalue weighted by Gasteiger charge is -2.31. The van der Waals surface area contributed by atoms with Crippen LogP contribution in [0, 0.1) is 5.92 Å². The summed E-state index contributed by atoms with van der Waals surface area (Å²) in [5.74, 6) is 0.617. The Labute approximate surface area is 168 Å². The molecule has 0 atom stereocenters. The van der Waals surface area contributed by atoms with E-state index in [1.54, 1.807) is 11.3 Å². The highest BCUT2D eigenvalue weighted by Gasteiger charge is 2.25. The van der Waals surface area contributed by atoms with Crippen LogP contribution in [-0.4, -0.2) is 36.2 Å². The number of ketones is 1. The van der Waals surface area contributed by atoms with Gasteiger partial charge in [-0.25, -0.2) is 0 Å². The number of fused-ring (bicyclic) bond motifs is 1. The maximum atomic E-state index is 12.6. The second-order valence-electron chi connectivity index (χ2n) is 7.39. The first-order valence-corrected chi connectivity index (χ1v) is 10.7. The molecule has 0 spiro atoms. The van der Waals surface area contributed by atoms with Crippen LogP contribution in [0.1, 0.15) is 50.4 Å². The number of benzene rings is 1. The van der Waals surface area contributed by atoms with Gasteiger partial charge in [0.15, 0.2) is 5.78 Å². The maximum Gasteiger partial charge on any atom is 0.251 e. The molecule has 2 aliphatic rings. The molecule has 0 unspecified atom stereocenters. The first kappa shape index (κ1) is 18.7. The summed E-state index contributed by atoms with van der Waals surface area (Å²) in [5, 5.41) is 3.10. The van der Waals surface area contributed by atoms with Gasteiger partial charge in [0.1, 0.15) is 0 Å². The van der Waals surface area contributed by atoms with Gasteiger partial charge in [0, 0.05) is 35.5 Å². The van der Waals surface area contributed by atoms with Crippen molar-refractivity contribution >= 4 is 34.6 Å². The fraction of sp³-hybridized carbons (Fsp3) is 0.429. The van der Waals surface area contributed by atoms with E-state index in [1.165, 1.54) is 4.88 Å². The number of carbonyl (C=O) groups is 2. The zero-order valence-corrected chi connectivity index (χ0v) is 16.7. The van der Waals surface area contributed by atoms with Crippen molar-refractivity contribution < 1.29 is 9.59 Å². The average Bonchev–Trinajstić information content (AvgIpc) is 3.26. The zero-order chi connectivity index (χ0) is 18.8. The van der Waals surface area contributed by atoms with Crippen molar-refractivity contribution in [3.05, 3.63) is 56.2 Å². The number of hydrogen-bond donors (Lipinski definition) is 1. The van der Waals surface area contributed by atoms with Crippen molar-refractivity contribution in [2.45, 2.75) is 32.2 Å². The molecule has 1 aliphatic heterocycles. The Hall–Kier alpha value is -1.69. The van der Waals surface area contributed by atoms with E-state index in [9.17, 15) is 9.59 Å². The number of halogens is 1. The van der Waals surface area contributed by atoms with E-state index in [4.69, 9.17) is 11.6 Å². The molecule has 1 aromatic carbocycles. The molecule has 1 saturated heterocycles. The number of carbonyl (C=O) groups excluding carboxylic acids is 2. The second-order valence-corrected chi connectivity index (χ2v) is 9.19. The van der Waals surface area contributed by atoms with Gasteiger partial charge in [-0.2, -0.15) is 0 Å². The molecule has 1 fully saturated rings. The summed E-state index contributed by atoms with van der Waals surface area (Å²) in [6.45, 7) is 3.76. The lowest BCUT2D eigenvalue weighted by molar-refractivity contribution is 0.0934. The molecule has 1 aliphatic carbocycles. The van der Waals surface area contributed by atoms with E-state index in [2.05, 4.69) is 16.3 Å². The number of likely N-dealkylation sites (tertiary alicyclic amines) is 1. The Morgan fingerprint density at radius 3 is 2.74 bits per heavy atom. The number of hydrogen-bond acceptors (Lipinski definition) is 4. The molecule has 0 radical (unpaired) electrons. The van der Waals surface area contributed by atoms with Crippen molar-refractivity contribution in [1.29, 1.82) is 0 Å². The second kappa shape index (κ2) is 8.13. The Balaban J connectivity index is 1.27. The van der Waals surface area contributed by atoms with Gasteiger partial charge < -0.3 is 5.32 Å². The van der Waals surface area contributed by atoms with Crippen molar-refractivity contribution in [3.8, 4) is 0 Å². The first-order chi connectivity index (χ1) is 13.1. The van der Waals surface area contributed by atoms with E-state index in [1.807, 2.05) is 24.3 Å². The van der Waals surface area contributed by atoms with Crippen LogP contribution >= 0.6 is 22.9 Å². The number of thiophene rings is 1. The number of amides is 1. The molecule has 1 amide bonds. The van der Waals surface area contributed by atoms with Gasteiger partial charge in [0.05, 0.1) is 4.34 Å². The van der Waals surface area contributed by atoms with Crippen molar-refractivity contribution in [1.82, 2.24) is 10.2 Å². The summed E-state index contributed by atoms with van der Waals surface area (Å²) in [5.41, 5.74) is 2.32. The summed E-state index contributed by atoms with van der Waals surface area (Å²) >= 11 is 7.65. The predicted molar refractivity (Wildman–Crippen MR) is 109 cm³/mol. The van der Waals surface area contributed by atoms with Crippen LogP contribution in [0.4, 0.5) is 0 Å². The Morgan fingerprint density at radius 2 is 2.00 bits per heavy atom. The van der Waals surface area contributed by atoms with Crippen molar-refractivity contribution in [2.75, 3.05) is 19.6 Å². The minimum Gasteiger partial charge on any atom is -0.352 e. The number of rotatable bonds is 5. The van der Waals surface area contributed by atoms with E-state index >= 15 is 0 Å². The smallest absolute Gasteiger partial charge is 0.251 e. The predicted octanol–water partition coefficient (Wildman–Crippen LogP) is 4.17. The number of nitrogens with one attached hydrogen (secondary N) is 1. The molecule has 0 bridgehead atoms. The van der Waals surface area contributed by atoms with Gasteiger partial charge >= 0.3 is 0 Å². The van der Waals surface area contributed by atoms with Crippen LogP contribution in [0.2, 0.25) is 4.34 Å². The molecule has 6 heteroatoms. The van der Waals surface area contributed by atoms with Crippen LogP contribution < -0.4 is 5.32 Å². The maximum absolute atomic E-state index is 12.6. The third-order valence-electron chi connectivity index (χ3n) is 5.59. The average molecular weight is 403 g/mol. The largest absolute Gasteiger partial charge is 0.352 e. The molecular weight excluding hydrogens is 380 g/mol. The van der Waals surface area contributed by atoms with Gasteiger partial charge in [-0.15, -0.1) is 11.3 Å². The highest BCUT2D eigenvalue weighted by atomic mass is 35.5. The van der Waals surface area contributed by atoms with Crippen molar-refractivity contribution in [2.24, 2.45) is 5.92 Å². The van der Waals surface area contributed by atoms with E-state index in [0.29, 0.717) is 30.9 Å². The minimum absolute atomic E-state index is 0.0443. The molecule has 0 saturated carbocycles. The molecular formula is C21H23ClN2O2S. The topological polar surface area (TPSA) is 49.4 Å². The Bertz CT molecular complexity index is 856. The molecule has 4 rings (SSSR count). The van der Waals surface area contributed by atoms with Crippen LogP contribution in [-0.2, 0) is 13.0 Å². The van der Waals surface area contributed by atoms with Gasteiger partial charge in [0.2, 0.25) is 0 Å². The summed E-state index contributed by atoms with van der Waals surface area (Å²) in [6.07, 6.45) is 3.38. The molecule has 27 heavy (non-hydrogen) atoms. The van der Waals surface area contributed by atoms with Crippen LogP contribution in [0.25, 0.3) is 0 Å². The van der Waals surface area contributed by atoms with Crippen LogP contribution in [0.15, 0.2) is 30.3 Å². The van der Waals surface area contributed by atoms with E-state index < -0.39 is 0 Å². The van der Waals surface area contributed by atoms with Crippen LogP contribution in [0.5, 0.6) is 0 Å². The number of piperidine rings is 1. The van der Waals surface area contributed by atoms with Gasteiger partial charge in [-0.3, -0.25) is 14.5 Å². The normalized spacial score (nSPS) is 17.9. The molecule has 2 heterocycles. The Morgan fingerprint density at radius 1 is 1.19 bits per heavy atom. The molecule has 2 aromatic rings. The van der Waals surface area contributed by atoms with E-state index in [0.717, 1.165) is 47.9 Å². The minimum atomic E-state index is -0.0443. The summed E-state index contributed by atoms with van der Waals surface area (Å²) in [4.78, 5) is 28.2. The highest BCUT2D eigenvalue weighted by Crippen LogP contribution is 2.26. The monoisotopic (exact) mass is 402 g/mol. The third-order valence-corrected chi connectivity index (χ3v) is 6.81. The number of Topliss-reactive ketones (excluding diaryl/α,β-unsaturated/α-hetero) is 1. The lowest BCUT2D eigenvalue weighted by atomic mass is 9.96. The standard InChI is InChI=1S/C21H23ClN2O2S/c22-20-7-4-15(27-20)13-24-10-8-14(9-11-24)12-23-21(26)18-3-1-2-17-16(18)5-6-19(17)25/h1-4,7,14H,5-6,8-13H2,(H,23,26). The third kappa shape index (κ3) is 4.26. The summed E-state index contributed by atoms with van der Waals surface area (Å²) in [6, 6.07) is 9.53. The quantitative estimate of drug-likeness (QED) is 0.816. The lowest BCUT2D eigenvalue weighted by Crippen LogP contribution is -2.38. The van der Waals surface area contributed by atoms with Crippen LogP contribution in [0.3, 0.4) is 0 Å². The Kier molecular flexibility index (Phi) is 5.62. The van der Waals surface area contributed by atoms with Gasteiger partial charge in [0.25, 0.3) is 5.91 Å². The highest BCUT2D eigenvalue weighted by molar-refractivity contribution is 7.16.